The van der Waals surface area contributed by atoms with Gasteiger partial charge in [-0.3, -0.25) is 4.68 Å². The Morgan fingerprint density at radius 1 is 1.56 bits per heavy atom. The monoisotopic (exact) mass is 282 g/mol. The molecule has 0 radical (unpaired) electrons. The number of ether oxygens (including phenoxy) is 1. The summed E-state index contributed by atoms with van der Waals surface area (Å²) < 4.78 is 7.26. The molecular formula is C11H11BrN2O2. The number of aryl methyl sites for hydroxylation is 1. The van der Waals surface area contributed by atoms with Gasteiger partial charge >= 0.3 is 5.97 Å². The number of methoxy groups -OCH3 is 1. The molecule has 1 aromatic carbocycles. The number of halogens is 1. The van der Waals surface area contributed by atoms with E-state index in [1.807, 2.05) is 23.7 Å². The number of benzene rings is 1. The maximum Gasteiger partial charge on any atom is 0.338 e. The van der Waals surface area contributed by atoms with Crippen LogP contribution in [0.25, 0.3) is 10.9 Å². The van der Waals surface area contributed by atoms with Crippen molar-refractivity contribution >= 4 is 32.8 Å². The van der Waals surface area contributed by atoms with Crippen LogP contribution in [0.4, 0.5) is 0 Å². The quantitative estimate of drug-likeness (QED) is 0.796. The molecule has 0 spiro atoms. The molecule has 0 bridgehead atoms. The van der Waals surface area contributed by atoms with Crippen LogP contribution >= 0.6 is 15.9 Å². The van der Waals surface area contributed by atoms with Crippen LogP contribution in [0.1, 0.15) is 17.3 Å². The second-order valence-corrected chi connectivity index (χ2v) is 4.05. The second-order valence-electron chi connectivity index (χ2n) is 3.30. The first-order valence-corrected chi connectivity index (χ1v) is 5.71. The summed E-state index contributed by atoms with van der Waals surface area (Å²) in [6.45, 7) is 2.76. The van der Waals surface area contributed by atoms with Crippen LogP contribution < -0.4 is 0 Å². The molecule has 0 aliphatic rings. The van der Waals surface area contributed by atoms with Crippen molar-refractivity contribution in [1.82, 2.24) is 9.78 Å². The van der Waals surface area contributed by atoms with E-state index in [2.05, 4.69) is 21.0 Å². The van der Waals surface area contributed by atoms with Crippen molar-refractivity contribution in [2.45, 2.75) is 13.5 Å². The summed E-state index contributed by atoms with van der Waals surface area (Å²) in [5.41, 5.74) is 1.46. The molecule has 5 heteroatoms. The van der Waals surface area contributed by atoms with Gasteiger partial charge in [-0.15, -0.1) is 0 Å². The van der Waals surface area contributed by atoms with E-state index in [-0.39, 0.29) is 5.97 Å². The molecule has 0 amide bonds. The molecule has 0 unspecified atom stereocenters. The van der Waals surface area contributed by atoms with Crippen molar-refractivity contribution in [3.8, 4) is 0 Å². The van der Waals surface area contributed by atoms with Crippen molar-refractivity contribution in [3.05, 3.63) is 28.4 Å². The minimum atomic E-state index is -0.345. The molecule has 4 nitrogen and oxygen atoms in total. The lowest BCUT2D eigenvalue weighted by Crippen LogP contribution is -2.02. The largest absolute Gasteiger partial charge is 0.465 e. The number of fused-ring (bicyclic) bond motifs is 1. The molecule has 1 heterocycles. The number of hydrogen-bond donors (Lipinski definition) is 0. The molecular weight excluding hydrogens is 272 g/mol. The second kappa shape index (κ2) is 4.25. The van der Waals surface area contributed by atoms with Gasteiger partial charge in [-0.1, -0.05) is 6.07 Å². The van der Waals surface area contributed by atoms with Crippen molar-refractivity contribution in [2.24, 2.45) is 0 Å². The fourth-order valence-corrected chi connectivity index (χ4v) is 2.31. The number of esters is 1. The lowest BCUT2D eigenvalue weighted by atomic mass is 10.1. The Labute approximate surface area is 101 Å². The normalized spacial score (nSPS) is 10.7. The average Bonchev–Trinajstić information content (AvgIpc) is 2.65. The molecule has 0 N–H and O–H groups in total. The highest BCUT2D eigenvalue weighted by Crippen LogP contribution is 2.27. The molecule has 2 rings (SSSR count). The van der Waals surface area contributed by atoms with Gasteiger partial charge in [0, 0.05) is 11.9 Å². The molecule has 0 atom stereocenters. The van der Waals surface area contributed by atoms with Crippen molar-refractivity contribution in [1.29, 1.82) is 0 Å². The van der Waals surface area contributed by atoms with Crippen LogP contribution in [0.15, 0.2) is 22.8 Å². The lowest BCUT2D eigenvalue weighted by Gasteiger charge is -2.02. The van der Waals surface area contributed by atoms with E-state index in [1.165, 1.54) is 7.11 Å². The van der Waals surface area contributed by atoms with E-state index in [0.29, 0.717) is 10.2 Å². The van der Waals surface area contributed by atoms with Crippen molar-refractivity contribution in [3.63, 3.8) is 0 Å². The Kier molecular flexibility index (Phi) is 2.96. The van der Waals surface area contributed by atoms with Gasteiger partial charge in [0.2, 0.25) is 0 Å². The topological polar surface area (TPSA) is 44.1 Å². The smallest absolute Gasteiger partial charge is 0.338 e. The van der Waals surface area contributed by atoms with E-state index in [9.17, 15) is 4.79 Å². The molecule has 16 heavy (non-hydrogen) atoms. The molecule has 0 saturated heterocycles. The van der Waals surface area contributed by atoms with Gasteiger partial charge < -0.3 is 4.74 Å². The maximum absolute atomic E-state index is 11.6. The zero-order chi connectivity index (χ0) is 11.7. The third-order valence-corrected chi connectivity index (χ3v) is 3.00. The third kappa shape index (κ3) is 1.61. The fraction of sp³-hybridized carbons (Fsp3) is 0.273. The lowest BCUT2D eigenvalue weighted by molar-refractivity contribution is 0.0603. The number of carbonyl (C=O) groups is 1. The Morgan fingerprint density at radius 3 is 2.94 bits per heavy atom. The van der Waals surface area contributed by atoms with Gasteiger partial charge in [-0.2, -0.15) is 5.10 Å². The predicted octanol–water partition coefficient (Wildman–Crippen LogP) is 2.61. The molecule has 0 aliphatic carbocycles. The van der Waals surface area contributed by atoms with Gasteiger partial charge in [0.1, 0.15) is 4.60 Å². The first-order chi connectivity index (χ1) is 7.69. The highest BCUT2D eigenvalue weighted by Gasteiger charge is 2.16. The van der Waals surface area contributed by atoms with Gasteiger partial charge in [0.05, 0.1) is 18.2 Å². The highest BCUT2D eigenvalue weighted by atomic mass is 79.9. The van der Waals surface area contributed by atoms with Gasteiger partial charge in [-0.05, 0) is 35.0 Å². The van der Waals surface area contributed by atoms with Gasteiger partial charge in [-0.25, -0.2) is 4.79 Å². The van der Waals surface area contributed by atoms with Gasteiger partial charge in [0.15, 0.2) is 0 Å². The SMILES string of the molecule is CCn1nc(Br)c2c(C(=O)OC)cccc21. The summed E-state index contributed by atoms with van der Waals surface area (Å²) in [6.07, 6.45) is 0. The molecule has 84 valence electrons. The summed E-state index contributed by atoms with van der Waals surface area (Å²) >= 11 is 3.37. The Bertz CT molecular complexity index is 548. The zero-order valence-electron chi connectivity index (χ0n) is 9.03. The Hall–Kier alpha value is -1.36. The number of hydrogen-bond acceptors (Lipinski definition) is 3. The molecule has 0 saturated carbocycles. The Morgan fingerprint density at radius 2 is 2.31 bits per heavy atom. The first-order valence-electron chi connectivity index (χ1n) is 4.92. The maximum atomic E-state index is 11.6. The van der Waals surface area contributed by atoms with Crippen LogP contribution in [0.2, 0.25) is 0 Å². The Balaban J connectivity index is 2.77. The number of aromatic nitrogens is 2. The average molecular weight is 283 g/mol. The summed E-state index contributed by atoms with van der Waals surface area (Å²) in [6, 6.07) is 5.50. The molecule has 1 aromatic heterocycles. The first kappa shape index (κ1) is 11.1. The molecule has 2 aromatic rings. The highest BCUT2D eigenvalue weighted by molar-refractivity contribution is 9.10. The van der Waals surface area contributed by atoms with Crippen LogP contribution in [0.5, 0.6) is 0 Å². The third-order valence-electron chi connectivity index (χ3n) is 2.44. The minimum absolute atomic E-state index is 0.345. The molecule has 0 aliphatic heterocycles. The number of carbonyl (C=O) groups excluding carboxylic acids is 1. The van der Waals surface area contributed by atoms with Crippen molar-refractivity contribution < 1.29 is 9.53 Å². The van der Waals surface area contributed by atoms with E-state index in [1.54, 1.807) is 6.07 Å². The van der Waals surface area contributed by atoms with Crippen LogP contribution in [-0.4, -0.2) is 22.9 Å². The number of nitrogens with zero attached hydrogens (tertiary/aromatic N) is 2. The fourth-order valence-electron chi connectivity index (χ4n) is 1.70. The summed E-state index contributed by atoms with van der Waals surface area (Å²) in [5.74, 6) is -0.345. The van der Waals surface area contributed by atoms with Gasteiger partial charge in [0.25, 0.3) is 0 Å². The van der Waals surface area contributed by atoms with Crippen LogP contribution in [0.3, 0.4) is 0 Å². The van der Waals surface area contributed by atoms with E-state index in [4.69, 9.17) is 4.74 Å². The van der Waals surface area contributed by atoms with Crippen molar-refractivity contribution in [2.75, 3.05) is 7.11 Å². The predicted molar refractivity (Wildman–Crippen MR) is 64.4 cm³/mol. The summed E-state index contributed by atoms with van der Waals surface area (Å²) in [4.78, 5) is 11.6. The summed E-state index contributed by atoms with van der Waals surface area (Å²) in [7, 11) is 1.37. The summed E-state index contributed by atoms with van der Waals surface area (Å²) in [5, 5.41) is 5.11. The minimum Gasteiger partial charge on any atom is -0.465 e. The zero-order valence-corrected chi connectivity index (χ0v) is 10.6. The van der Waals surface area contributed by atoms with E-state index >= 15 is 0 Å². The number of rotatable bonds is 2. The van der Waals surface area contributed by atoms with Crippen LogP contribution in [0, 0.1) is 0 Å². The van der Waals surface area contributed by atoms with E-state index in [0.717, 1.165) is 17.4 Å². The molecule has 0 fully saturated rings. The standard InChI is InChI=1S/C11H11BrN2O2/c1-3-14-8-6-4-5-7(11(15)16-2)9(8)10(12)13-14/h4-6H,3H2,1-2H3. The van der Waals surface area contributed by atoms with Crippen LogP contribution in [-0.2, 0) is 11.3 Å². The van der Waals surface area contributed by atoms with E-state index < -0.39 is 0 Å².